The van der Waals surface area contributed by atoms with E-state index in [-0.39, 0.29) is 24.4 Å². The number of aliphatic hydroxyl groups excluding tert-OH is 10. The summed E-state index contributed by atoms with van der Waals surface area (Å²) in [5.74, 6) is -0.178. The zero-order valence-corrected chi connectivity index (χ0v) is 23.3. The third-order valence-corrected chi connectivity index (χ3v) is 9.76. The highest BCUT2D eigenvalue weighted by atomic mass is 16.7. The van der Waals surface area contributed by atoms with Crippen LogP contribution in [-0.2, 0) is 23.7 Å². The molecule has 5 fully saturated rings. The Bertz CT molecular complexity index is 863. The molecule has 5 aliphatic rings. The van der Waals surface area contributed by atoms with E-state index in [1.807, 2.05) is 0 Å². The molecule has 18 atom stereocenters. The monoisotopic (exact) mass is 610 g/mol. The van der Waals surface area contributed by atoms with Gasteiger partial charge >= 0.3 is 0 Å². The molecule has 3 aliphatic heterocycles. The van der Waals surface area contributed by atoms with E-state index < -0.39 is 105 Å². The molecule has 2 aliphatic carbocycles. The Labute approximate surface area is 243 Å². The maximum atomic E-state index is 10.6. The van der Waals surface area contributed by atoms with Crippen LogP contribution in [0, 0.1) is 11.8 Å². The van der Waals surface area contributed by atoms with Crippen molar-refractivity contribution in [3.8, 4) is 0 Å². The number of rotatable bonds is 7. The Hall–Kier alpha value is -0.600. The Balaban J connectivity index is 1.32. The van der Waals surface area contributed by atoms with Crippen LogP contribution < -0.4 is 0 Å². The topological polar surface area (TPSA) is 248 Å². The van der Waals surface area contributed by atoms with Crippen molar-refractivity contribution in [1.29, 1.82) is 0 Å². The molecule has 18 unspecified atom stereocenters. The van der Waals surface area contributed by atoms with Crippen LogP contribution in [-0.4, -0.2) is 162 Å². The van der Waals surface area contributed by atoms with Crippen molar-refractivity contribution in [2.75, 3.05) is 13.2 Å². The molecule has 0 bridgehead atoms. The fourth-order valence-corrected chi connectivity index (χ4v) is 7.22. The molecule has 3 saturated heterocycles. The van der Waals surface area contributed by atoms with Gasteiger partial charge in [0.2, 0.25) is 0 Å². The molecule has 0 radical (unpaired) electrons. The minimum absolute atomic E-state index is 0.0286. The van der Waals surface area contributed by atoms with Crippen molar-refractivity contribution in [2.24, 2.45) is 11.8 Å². The van der Waals surface area contributed by atoms with Crippen molar-refractivity contribution in [1.82, 2.24) is 0 Å². The third-order valence-electron chi connectivity index (χ3n) is 9.76. The first-order valence-electron chi connectivity index (χ1n) is 15.0. The summed E-state index contributed by atoms with van der Waals surface area (Å²) in [5, 5.41) is 101. The molecule has 0 aromatic heterocycles. The molecule has 0 amide bonds. The highest BCUT2D eigenvalue weighted by Gasteiger charge is 2.51. The quantitative estimate of drug-likeness (QED) is 0.131. The molecule has 10 N–H and O–H groups in total. The van der Waals surface area contributed by atoms with E-state index in [4.69, 9.17) is 23.7 Å². The number of ether oxygens (including phenoxy) is 5. The first-order valence-corrected chi connectivity index (χ1v) is 15.0. The van der Waals surface area contributed by atoms with Gasteiger partial charge in [0.1, 0.15) is 48.8 Å². The molecule has 15 nitrogen and oxygen atoms in total. The van der Waals surface area contributed by atoms with Gasteiger partial charge in [-0.05, 0) is 38.0 Å². The number of hydrogen-bond donors (Lipinski definition) is 10. The van der Waals surface area contributed by atoms with Gasteiger partial charge in [0.15, 0.2) is 12.6 Å². The van der Waals surface area contributed by atoms with Crippen LogP contribution in [0.3, 0.4) is 0 Å². The van der Waals surface area contributed by atoms with Gasteiger partial charge in [0, 0.05) is 18.8 Å². The van der Waals surface area contributed by atoms with Crippen LogP contribution in [0.15, 0.2) is 0 Å². The summed E-state index contributed by atoms with van der Waals surface area (Å²) in [6.07, 6.45) is -14.8. The van der Waals surface area contributed by atoms with Crippen LogP contribution in [0.4, 0.5) is 0 Å². The molecule has 42 heavy (non-hydrogen) atoms. The minimum Gasteiger partial charge on any atom is -0.394 e. The van der Waals surface area contributed by atoms with Crippen LogP contribution in [0.5, 0.6) is 0 Å². The third kappa shape index (κ3) is 6.66. The Morgan fingerprint density at radius 1 is 0.524 bits per heavy atom. The zero-order chi connectivity index (χ0) is 30.3. The van der Waals surface area contributed by atoms with E-state index in [0.717, 1.165) is 0 Å². The van der Waals surface area contributed by atoms with Crippen LogP contribution in [0.1, 0.15) is 44.9 Å². The Morgan fingerprint density at radius 2 is 1.12 bits per heavy atom. The summed E-state index contributed by atoms with van der Waals surface area (Å²) in [6.45, 7) is -1.23. The highest BCUT2D eigenvalue weighted by molar-refractivity contribution is 4.97. The van der Waals surface area contributed by atoms with E-state index >= 15 is 0 Å². The molecule has 0 aromatic carbocycles. The number of hydrogen-bond acceptors (Lipinski definition) is 15. The lowest BCUT2D eigenvalue weighted by atomic mass is 9.73. The largest absolute Gasteiger partial charge is 0.394 e. The van der Waals surface area contributed by atoms with Gasteiger partial charge in [-0.15, -0.1) is 0 Å². The summed E-state index contributed by atoms with van der Waals surface area (Å²) in [6, 6.07) is 0. The molecule has 3 heterocycles. The molecule has 2 saturated carbocycles. The van der Waals surface area contributed by atoms with Gasteiger partial charge in [-0.3, -0.25) is 0 Å². The van der Waals surface area contributed by atoms with Crippen molar-refractivity contribution in [2.45, 2.75) is 143 Å². The van der Waals surface area contributed by atoms with Crippen LogP contribution in [0.2, 0.25) is 0 Å². The first-order chi connectivity index (χ1) is 20.0. The lowest BCUT2D eigenvalue weighted by Gasteiger charge is -2.50. The van der Waals surface area contributed by atoms with E-state index in [2.05, 4.69) is 0 Å². The van der Waals surface area contributed by atoms with Crippen LogP contribution >= 0.6 is 0 Å². The SMILES string of the molecule is OCC1OC(OC2CC3OC(C4CCC(O)C(O)C4)CCC3C(OC3OC(CO)C(O)C(O)C3O)C2)C(O)C(O)C1O. The van der Waals surface area contributed by atoms with Crippen LogP contribution in [0.25, 0.3) is 0 Å². The summed E-state index contributed by atoms with van der Waals surface area (Å²) in [7, 11) is 0. The highest BCUT2D eigenvalue weighted by Crippen LogP contribution is 2.44. The normalized spacial score (nSPS) is 53.9. The summed E-state index contributed by atoms with van der Waals surface area (Å²) < 4.78 is 29.9. The average molecular weight is 611 g/mol. The molecule has 0 aromatic rings. The lowest BCUT2D eigenvalue weighted by molar-refractivity contribution is -0.338. The van der Waals surface area contributed by atoms with E-state index in [0.29, 0.717) is 38.5 Å². The van der Waals surface area contributed by atoms with E-state index in [1.54, 1.807) is 0 Å². The van der Waals surface area contributed by atoms with Crippen molar-refractivity contribution >= 4 is 0 Å². The fraction of sp³-hybridized carbons (Fsp3) is 1.00. The molecule has 0 spiro atoms. The molecule has 5 rings (SSSR count). The second-order valence-corrected chi connectivity index (χ2v) is 12.5. The molecule has 244 valence electrons. The second-order valence-electron chi connectivity index (χ2n) is 12.5. The van der Waals surface area contributed by atoms with Crippen molar-refractivity contribution < 1.29 is 74.7 Å². The molecular formula is C27H46O15. The van der Waals surface area contributed by atoms with E-state index in [1.165, 1.54) is 0 Å². The summed E-state index contributed by atoms with van der Waals surface area (Å²) in [5.41, 5.74) is 0. The van der Waals surface area contributed by atoms with Gasteiger partial charge in [0.25, 0.3) is 0 Å². The van der Waals surface area contributed by atoms with Gasteiger partial charge in [-0.25, -0.2) is 0 Å². The van der Waals surface area contributed by atoms with Gasteiger partial charge in [-0.1, -0.05) is 0 Å². The smallest absolute Gasteiger partial charge is 0.186 e. The van der Waals surface area contributed by atoms with Gasteiger partial charge in [0.05, 0.1) is 49.8 Å². The number of fused-ring (bicyclic) bond motifs is 1. The average Bonchev–Trinajstić information content (AvgIpc) is 2.98. The summed E-state index contributed by atoms with van der Waals surface area (Å²) in [4.78, 5) is 0. The lowest BCUT2D eigenvalue weighted by Crippen LogP contribution is -2.62. The van der Waals surface area contributed by atoms with E-state index in [9.17, 15) is 51.1 Å². The fourth-order valence-electron chi connectivity index (χ4n) is 7.22. The minimum atomic E-state index is -1.62. The first kappa shape index (κ1) is 32.8. The standard InChI is InChI=1S/C27H46O15/c28-8-18-20(32)22(34)24(36)26(41-18)38-11-6-16-12(2-4-15(39-16)10-1-3-13(30)14(31)5-10)17(7-11)40-27-25(37)23(35)21(33)19(9-29)42-27/h10-37H,1-9H2. The molecule has 15 heteroatoms. The molecular weight excluding hydrogens is 564 g/mol. The number of aliphatic hydroxyl groups is 10. The van der Waals surface area contributed by atoms with Gasteiger partial charge < -0.3 is 74.7 Å². The maximum Gasteiger partial charge on any atom is 0.186 e. The Kier molecular flexibility index (Phi) is 10.8. The van der Waals surface area contributed by atoms with Crippen molar-refractivity contribution in [3.05, 3.63) is 0 Å². The van der Waals surface area contributed by atoms with Crippen molar-refractivity contribution in [3.63, 3.8) is 0 Å². The maximum absolute atomic E-state index is 10.6. The predicted octanol–water partition coefficient (Wildman–Crippen LogP) is -4.16. The second kappa shape index (κ2) is 13.8. The zero-order valence-electron chi connectivity index (χ0n) is 23.3. The van der Waals surface area contributed by atoms with Gasteiger partial charge in [-0.2, -0.15) is 0 Å². The summed E-state index contributed by atoms with van der Waals surface area (Å²) >= 11 is 0. The predicted molar refractivity (Wildman–Crippen MR) is 137 cm³/mol. The Morgan fingerprint density at radius 3 is 1.69 bits per heavy atom.